The molecule has 0 aliphatic heterocycles. The number of hydrogen-bond donors (Lipinski definition) is 0. The summed E-state index contributed by atoms with van der Waals surface area (Å²) in [6.45, 7) is 11.6. The molecule has 0 aliphatic carbocycles. The Kier molecular flexibility index (Phi) is 5.54. The van der Waals surface area contributed by atoms with Gasteiger partial charge in [0, 0.05) is 0 Å². The Hall–Kier alpha value is -0.300. The minimum atomic E-state index is 0.682. The van der Waals surface area contributed by atoms with E-state index in [2.05, 4.69) is 45.4 Å². The van der Waals surface area contributed by atoms with Crippen molar-refractivity contribution < 1.29 is 0 Å². The molecule has 1 unspecified atom stereocenters. The van der Waals surface area contributed by atoms with Crippen molar-refractivity contribution in [2.24, 2.45) is 11.8 Å². The fraction of sp³-hybridized carbons (Fsp3) is 0.733. The van der Waals surface area contributed by atoms with Gasteiger partial charge in [0.25, 0.3) is 0 Å². The molecule has 92 valence electrons. The third-order valence-corrected chi connectivity index (χ3v) is 3.99. The van der Waals surface area contributed by atoms with Gasteiger partial charge in [0.2, 0.25) is 0 Å². The summed E-state index contributed by atoms with van der Waals surface area (Å²) in [7, 11) is 0. The highest BCUT2D eigenvalue weighted by Gasteiger charge is 2.10. The Labute approximate surface area is 105 Å². The van der Waals surface area contributed by atoms with Crippen molar-refractivity contribution in [3.05, 3.63) is 21.9 Å². The highest BCUT2D eigenvalue weighted by Crippen LogP contribution is 2.26. The second-order valence-corrected chi connectivity index (χ2v) is 6.52. The summed E-state index contributed by atoms with van der Waals surface area (Å²) >= 11 is 1.86. The summed E-state index contributed by atoms with van der Waals surface area (Å²) in [6.07, 6.45) is 3.97. The highest BCUT2D eigenvalue weighted by atomic mass is 32.1. The first-order chi connectivity index (χ1) is 7.50. The monoisotopic (exact) mass is 238 g/mol. The molecule has 1 aromatic heterocycles. The van der Waals surface area contributed by atoms with Gasteiger partial charge in [0.1, 0.15) is 0 Å². The van der Waals surface area contributed by atoms with Crippen LogP contribution in [-0.4, -0.2) is 0 Å². The van der Waals surface area contributed by atoms with Crippen LogP contribution >= 0.6 is 11.3 Å². The van der Waals surface area contributed by atoms with E-state index in [1.54, 1.807) is 11.1 Å². The molecule has 0 saturated heterocycles. The molecule has 0 radical (unpaired) electrons. The highest BCUT2D eigenvalue weighted by molar-refractivity contribution is 7.08. The van der Waals surface area contributed by atoms with Crippen molar-refractivity contribution >= 4 is 11.3 Å². The number of aryl methyl sites for hydroxylation is 1. The van der Waals surface area contributed by atoms with E-state index in [0.29, 0.717) is 5.92 Å². The summed E-state index contributed by atoms with van der Waals surface area (Å²) in [5.74, 6) is 2.38. The summed E-state index contributed by atoms with van der Waals surface area (Å²) in [5, 5.41) is 4.67. The van der Waals surface area contributed by atoms with Crippen molar-refractivity contribution in [3.8, 4) is 0 Å². The Morgan fingerprint density at radius 3 is 2.31 bits per heavy atom. The molecule has 1 heteroatoms. The first-order valence-corrected chi connectivity index (χ1v) is 7.50. The third kappa shape index (κ3) is 4.29. The van der Waals surface area contributed by atoms with Gasteiger partial charge in [-0.1, -0.05) is 34.6 Å². The zero-order valence-corrected chi connectivity index (χ0v) is 12.2. The molecule has 0 nitrogen and oxygen atoms in total. The van der Waals surface area contributed by atoms with Gasteiger partial charge in [0.15, 0.2) is 0 Å². The Morgan fingerprint density at radius 1 is 1.06 bits per heavy atom. The lowest BCUT2D eigenvalue weighted by molar-refractivity contribution is 0.415. The van der Waals surface area contributed by atoms with Crippen molar-refractivity contribution in [1.82, 2.24) is 0 Å². The first kappa shape index (κ1) is 13.8. The lowest BCUT2D eigenvalue weighted by Gasteiger charge is -2.14. The molecular weight excluding hydrogens is 212 g/mol. The number of rotatable bonds is 6. The molecular formula is C15H26S. The maximum atomic E-state index is 2.39. The average Bonchev–Trinajstić information content (AvgIpc) is 2.61. The summed E-state index contributed by atoms with van der Waals surface area (Å²) < 4.78 is 0. The second kappa shape index (κ2) is 6.44. The lowest BCUT2D eigenvalue weighted by atomic mass is 9.91. The van der Waals surface area contributed by atoms with E-state index in [1.807, 2.05) is 11.3 Å². The fourth-order valence-corrected chi connectivity index (χ4v) is 3.42. The lowest BCUT2D eigenvalue weighted by Crippen LogP contribution is -2.02. The van der Waals surface area contributed by atoms with Crippen LogP contribution in [0.15, 0.2) is 10.8 Å². The van der Waals surface area contributed by atoms with E-state index in [4.69, 9.17) is 0 Å². The molecule has 16 heavy (non-hydrogen) atoms. The summed E-state index contributed by atoms with van der Waals surface area (Å²) in [5.41, 5.74) is 3.16. The van der Waals surface area contributed by atoms with Gasteiger partial charge in [-0.05, 0) is 58.9 Å². The molecule has 0 amide bonds. The maximum Gasteiger partial charge on any atom is -0.00558 e. The van der Waals surface area contributed by atoms with Crippen LogP contribution in [0.3, 0.4) is 0 Å². The van der Waals surface area contributed by atoms with Gasteiger partial charge in [-0.25, -0.2) is 0 Å². The SMILES string of the molecule is CC(C)CC(C)CCc1cscc1C(C)C. The van der Waals surface area contributed by atoms with Crippen molar-refractivity contribution in [3.63, 3.8) is 0 Å². The fourth-order valence-electron chi connectivity index (χ4n) is 2.37. The number of hydrogen-bond acceptors (Lipinski definition) is 1. The van der Waals surface area contributed by atoms with Gasteiger partial charge >= 0.3 is 0 Å². The van der Waals surface area contributed by atoms with Crippen LogP contribution in [0.1, 0.15) is 64.5 Å². The predicted molar refractivity (Wildman–Crippen MR) is 75.3 cm³/mol. The normalized spacial score (nSPS) is 13.7. The molecule has 0 aromatic carbocycles. The zero-order valence-electron chi connectivity index (χ0n) is 11.4. The quantitative estimate of drug-likeness (QED) is 0.615. The van der Waals surface area contributed by atoms with Crippen LogP contribution < -0.4 is 0 Å². The predicted octanol–water partition coefficient (Wildman–Crippen LogP) is 5.49. The Bertz CT molecular complexity index is 296. The van der Waals surface area contributed by atoms with Crippen LogP contribution in [0.4, 0.5) is 0 Å². The average molecular weight is 238 g/mol. The summed E-state index contributed by atoms with van der Waals surface area (Å²) in [4.78, 5) is 0. The number of thiophene rings is 1. The van der Waals surface area contributed by atoms with Crippen molar-refractivity contribution in [1.29, 1.82) is 0 Å². The molecule has 0 N–H and O–H groups in total. The van der Waals surface area contributed by atoms with Crippen molar-refractivity contribution in [2.75, 3.05) is 0 Å². The molecule has 0 saturated carbocycles. The molecule has 1 aromatic rings. The first-order valence-electron chi connectivity index (χ1n) is 6.55. The minimum Gasteiger partial charge on any atom is -0.152 e. The van der Waals surface area contributed by atoms with Crippen LogP contribution in [0.5, 0.6) is 0 Å². The van der Waals surface area contributed by atoms with E-state index in [-0.39, 0.29) is 0 Å². The van der Waals surface area contributed by atoms with Gasteiger partial charge in [-0.2, -0.15) is 11.3 Å². The van der Waals surface area contributed by atoms with E-state index < -0.39 is 0 Å². The molecule has 0 spiro atoms. The smallest absolute Gasteiger partial charge is 0.00558 e. The Morgan fingerprint density at radius 2 is 1.75 bits per heavy atom. The van der Waals surface area contributed by atoms with Gasteiger partial charge < -0.3 is 0 Å². The van der Waals surface area contributed by atoms with E-state index in [0.717, 1.165) is 11.8 Å². The molecule has 0 bridgehead atoms. The van der Waals surface area contributed by atoms with Crippen LogP contribution in [0.2, 0.25) is 0 Å². The maximum absolute atomic E-state index is 2.39. The second-order valence-electron chi connectivity index (χ2n) is 5.78. The molecule has 1 heterocycles. The largest absolute Gasteiger partial charge is 0.152 e. The van der Waals surface area contributed by atoms with E-state index >= 15 is 0 Å². The molecule has 0 fully saturated rings. The summed E-state index contributed by atoms with van der Waals surface area (Å²) in [6, 6.07) is 0. The third-order valence-electron chi connectivity index (χ3n) is 3.18. The molecule has 1 rings (SSSR count). The van der Waals surface area contributed by atoms with Gasteiger partial charge in [-0.3, -0.25) is 0 Å². The van der Waals surface area contributed by atoms with Gasteiger partial charge in [0.05, 0.1) is 0 Å². The molecule has 1 atom stereocenters. The van der Waals surface area contributed by atoms with Crippen LogP contribution in [-0.2, 0) is 6.42 Å². The molecule has 0 aliphatic rings. The minimum absolute atomic E-state index is 0.682. The van der Waals surface area contributed by atoms with Gasteiger partial charge in [-0.15, -0.1) is 0 Å². The van der Waals surface area contributed by atoms with Crippen LogP contribution in [0.25, 0.3) is 0 Å². The van der Waals surface area contributed by atoms with Crippen LogP contribution in [0, 0.1) is 11.8 Å². The Balaban J connectivity index is 2.45. The standard InChI is InChI=1S/C15H26S/c1-11(2)8-13(5)6-7-14-9-16-10-15(14)12(3)4/h9-13H,6-8H2,1-5H3. The zero-order chi connectivity index (χ0) is 12.1. The van der Waals surface area contributed by atoms with Crippen molar-refractivity contribution in [2.45, 2.75) is 59.8 Å². The topological polar surface area (TPSA) is 0 Å². The van der Waals surface area contributed by atoms with E-state index in [1.165, 1.54) is 19.3 Å². The van der Waals surface area contributed by atoms with E-state index in [9.17, 15) is 0 Å².